The van der Waals surface area contributed by atoms with Crippen molar-refractivity contribution in [1.29, 1.82) is 0 Å². The van der Waals surface area contributed by atoms with E-state index in [-0.39, 0.29) is 0 Å². The van der Waals surface area contributed by atoms with E-state index in [2.05, 4.69) is 169 Å². The SMILES string of the molecule is c1ccc(-c2ccc(-c3nc(-c4ccc5c(c4)sc4ccccc45)nc(N4c5ccc6ccccc6c5-c5cccc6cccc4c56)n3)cc2)cc1. The van der Waals surface area contributed by atoms with E-state index in [0.717, 1.165) is 28.1 Å². The summed E-state index contributed by atoms with van der Waals surface area (Å²) in [6, 6.07) is 60.3. The van der Waals surface area contributed by atoms with E-state index < -0.39 is 0 Å². The minimum absolute atomic E-state index is 0.585. The summed E-state index contributed by atoms with van der Waals surface area (Å²) < 4.78 is 2.48. The molecule has 10 aromatic rings. The Hall–Kier alpha value is -6.69. The van der Waals surface area contributed by atoms with Crippen molar-refractivity contribution in [2.75, 3.05) is 4.90 Å². The lowest BCUT2D eigenvalue weighted by molar-refractivity contribution is 1.02. The fraction of sp³-hybridized carbons (Fsp3) is 0. The Bertz CT molecular complexity index is 3020. The lowest BCUT2D eigenvalue weighted by Gasteiger charge is -2.32. The van der Waals surface area contributed by atoms with Crippen LogP contribution in [0.3, 0.4) is 0 Å². The van der Waals surface area contributed by atoms with E-state index in [4.69, 9.17) is 15.0 Å². The van der Waals surface area contributed by atoms with Crippen LogP contribution in [0.25, 0.3) is 86.7 Å². The van der Waals surface area contributed by atoms with Gasteiger partial charge in [0.25, 0.3) is 0 Å². The molecule has 3 heterocycles. The summed E-state index contributed by atoms with van der Waals surface area (Å²) in [7, 11) is 0. The maximum absolute atomic E-state index is 5.33. The summed E-state index contributed by atoms with van der Waals surface area (Å²) in [4.78, 5) is 18.0. The van der Waals surface area contributed by atoms with Gasteiger partial charge in [-0.3, -0.25) is 4.90 Å². The summed E-state index contributed by atoms with van der Waals surface area (Å²) in [5, 5.41) is 7.29. The average molecular weight is 681 g/mol. The highest BCUT2D eigenvalue weighted by atomic mass is 32.1. The van der Waals surface area contributed by atoms with Gasteiger partial charge in [0, 0.05) is 42.2 Å². The quantitative estimate of drug-likeness (QED) is 0.186. The van der Waals surface area contributed by atoms with Gasteiger partial charge in [0.2, 0.25) is 5.95 Å². The van der Waals surface area contributed by atoms with Gasteiger partial charge < -0.3 is 0 Å². The molecule has 4 nitrogen and oxygen atoms in total. The third-order valence-electron chi connectivity index (χ3n) is 10.3. The van der Waals surface area contributed by atoms with Crippen LogP contribution in [0.2, 0.25) is 0 Å². The van der Waals surface area contributed by atoms with Gasteiger partial charge in [0.05, 0.1) is 11.4 Å². The Labute approximate surface area is 303 Å². The van der Waals surface area contributed by atoms with Gasteiger partial charge in [-0.25, -0.2) is 4.98 Å². The van der Waals surface area contributed by atoms with Crippen LogP contribution in [0.15, 0.2) is 170 Å². The second-order valence-corrected chi connectivity index (χ2v) is 14.3. The molecule has 0 aliphatic carbocycles. The zero-order valence-electron chi connectivity index (χ0n) is 27.9. The van der Waals surface area contributed by atoms with Gasteiger partial charge in [-0.05, 0) is 57.1 Å². The molecule has 5 heteroatoms. The third-order valence-corrected chi connectivity index (χ3v) is 11.4. The third kappa shape index (κ3) is 4.50. The molecule has 1 aliphatic rings. The molecule has 2 aromatic heterocycles. The maximum atomic E-state index is 5.33. The first kappa shape index (κ1) is 29.1. The summed E-state index contributed by atoms with van der Waals surface area (Å²) in [6.07, 6.45) is 0. The zero-order valence-corrected chi connectivity index (χ0v) is 28.7. The van der Waals surface area contributed by atoms with Crippen molar-refractivity contribution in [1.82, 2.24) is 15.0 Å². The number of hydrogen-bond donors (Lipinski definition) is 0. The molecule has 0 bridgehead atoms. The molecule has 0 atom stereocenters. The highest BCUT2D eigenvalue weighted by Crippen LogP contribution is 2.52. The van der Waals surface area contributed by atoms with Crippen LogP contribution in [0.5, 0.6) is 0 Å². The number of thiophene rings is 1. The van der Waals surface area contributed by atoms with E-state index in [1.54, 1.807) is 11.3 Å². The highest BCUT2D eigenvalue weighted by molar-refractivity contribution is 7.25. The van der Waals surface area contributed by atoms with Gasteiger partial charge >= 0.3 is 0 Å². The minimum Gasteiger partial charge on any atom is -0.278 e. The number of rotatable bonds is 4. The fourth-order valence-corrected chi connectivity index (χ4v) is 8.97. The predicted octanol–water partition coefficient (Wildman–Crippen LogP) is 13.0. The molecule has 0 amide bonds. The van der Waals surface area contributed by atoms with E-state index in [0.29, 0.717) is 17.6 Å². The molecule has 0 N–H and O–H groups in total. The Morgan fingerprint density at radius 1 is 0.404 bits per heavy atom. The topological polar surface area (TPSA) is 41.9 Å². The average Bonchev–Trinajstić information content (AvgIpc) is 3.59. The van der Waals surface area contributed by atoms with Gasteiger partial charge in [0.15, 0.2) is 11.6 Å². The molecule has 1 aliphatic heterocycles. The molecule has 242 valence electrons. The van der Waals surface area contributed by atoms with E-state index in [9.17, 15) is 0 Å². The first-order chi connectivity index (χ1) is 25.8. The van der Waals surface area contributed by atoms with Crippen LogP contribution >= 0.6 is 11.3 Å². The van der Waals surface area contributed by atoms with Crippen molar-refractivity contribution < 1.29 is 0 Å². The molecule has 0 saturated carbocycles. The monoisotopic (exact) mass is 680 g/mol. The van der Waals surface area contributed by atoms with Crippen molar-refractivity contribution >= 4 is 70.4 Å². The van der Waals surface area contributed by atoms with Crippen molar-refractivity contribution in [3.8, 4) is 45.0 Å². The van der Waals surface area contributed by atoms with Crippen LogP contribution in [-0.2, 0) is 0 Å². The Morgan fingerprint density at radius 2 is 1.06 bits per heavy atom. The maximum Gasteiger partial charge on any atom is 0.238 e. The second-order valence-electron chi connectivity index (χ2n) is 13.2. The lowest BCUT2D eigenvalue weighted by Crippen LogP contribution is -2.19. The molecule has 0 unspecified atom stereocenters. The molecule has 11 rings (SSSR count). The number of nitrogens with zero attached hydrogens (tertiary/aromatic N) is 4. The fourth-order valence-electron chi connectivity index (χ4n) is 7.82. The molecule has 0 fully saturated rings. The molecule has 0 spiro atoms. The first-order valence-corrected chi connectivity index (χ1v) is 18.3. The Balaban J connectivity index is 1.16. The highest BCUT2D eigenvalue weighted by Gasteiger charge is 2.30. The predicted molar refractivity (Wildman–Crippen MR) is 218 cm³/mol. The van der Waals surface area contributed by atoms with Gasteiger partial charge in [-0.1, -0.05) is 146 Å². The van der Waals surface area contributed by atoms with Crippen molar-refractivity contribution in [2.24, 2.45) is 0 Å². The molecule has 52 heavy (non-hydrogen) atoms. The van der Waals surface area contributed by atoms with Crippen LogP contribution in [-0.4, -0.2) is 15.0 Å². The summed E-state index contributed by atoms with van der Waals surface area (Å²) in [5.41, 5.74) is 8.72. The smallest absolute Gasteiger partial charge is 0.238 e. The first-order valence-electron chi connectivity index (χ1n) is 17.4. The van der Waals surface area contributed by atoms with E-state index in [1.807, 2.05) is 6.07 Å². The minimum atomic E-state index is 0.585. The number of hydrogen-bond acceptors (Lipinski definition) is 5. The van der Waals surface area contributed by atoms with Gasteiger partial charge in [0.1, 0.15) is 0 Å². The van der Waals surface area contributed by atoms with Gasteiger partial charge in [-0.15, -0.1) is 11.3 Å². The second kappa shape index (κ2) is 11.4. The van der Waals surface area contributed by atoms with Crippen LogP contribution in [0.4, 0.5) is 17.3 Å². The Morgan fingerprint density at radius 3 is 1.92 bits per heavy atom. The van der Waals surface area contributed by atoms with Crippen molar-refractivity contribution in [3.05, 3.63) is 170 Å². The summed E-state index contributed by atoms with van der Waals surface area (Å²) >= 11 is 1.80. The largest absolute Gasteiger partial charge is 0.278 e. The molecule has 0 saturated heterocycles. The van der Waals surface area contributed by atoms with Crippen LogP contribution in [0.1, 0.15) is 0 Å². The Kier molecular flexibility index (Phi) is 6.39. The lowest BCUT2D eigenvalue weighted by atomic mass is 9.88. The summed E-state index contributed by atoms with van der Waals surface area (Å²) in [5.74, 6) is 1.85. The molecule has 8 aromatic carbocycles. The number of fused-ring (bicyclic) bond motifs is 7. The molecule has 0 radical (unpaired) electrons. The summed E-state index contributed by atoms with van der Waals surface area (Å²) in [6.45, 7) is 0. The zero-order chi connectivity index (χ0) is 34.2. The number of benzene rings is 8. The molecular formula is C47H28N4S. The van der Waals surface area contributed by atoms with Crippen LogP contribution < -0.4 is 4.90 Å². The van der Waals surface area contributed by atoms with Crippen molar-refractivity contribution in [2.45, 2.75) is 0 Å². The number of anilines is 3. The number of aromatic nitrogens is 3. The standard InChI is InChI=1S/C47H28N4S/c1-2-10-29(11-3-1)30-20-22-33(23-21-30)45-48-46(34-24-26-37-36-16-6-7-19-41(36)52-42(37)28-34)50-47(49-45)51-39-18-9-14-32-13-8-17-38(43(32)39)44-35-15-5-4-12-31(35)25-27-40(44)51/h1-28H. The van der Waals surface area contributed by atoms with E-state index in [1.165, 1.54) is 58.4 Å². The van der Waals surface area contributed by atoms with E-state index >= 15 is 0 Å². The van der Waals surface area contributed by atoms with Crippen molar-refractivity contribution in [3.63, 3.8) is 0 Å². The van der Waals surface area contributed by atoms with Gasteiger partial charge in [-0.2, -0.15) is 9.97 Å². The molecular weight excluding hydrogens is 653 g/mol. The normalized spacial score (nSPS) is 12.2. The van der Waals surface area contributed by atoms with Crippen LogP contribution in [0, 0.1) is 0 Å².